The number of piperazine rings is 1. The highest BCUT2D eigenvalue weighted by Crippen LogP contribution is 2.36. The first-order valence-electron chi connectivity index (χ1n) is 7.74. The van der Waals surface area contributed by atoms with Crippen LogP contribution in [0.25, 0.3) is 0 Å². The van der Waals surface area contributed by atoms with E-state index in [9.17, 15) is 22.9 Å². The first kappa shape index (κ1) is 21.5. The predicted molar refractivity (Wildman–Crippen MR) is 101 cm³/mol. The first-order chi connectivity index (χ1) is 12.3. The third kappa shape index (κ3) is 4.07. The van der Waals surface area contributed by atoms with Gasteiger partial charge in [-0.1, -0.05) is 35.9 Å². The zero-order valence-corrected chi connectivity index (χ0v) is 16.2. The Bertz CT molecular complexity index is 958. The Morgan fingerprint density at radius 2 is 1.93 bits per heavy atom. The molecule has 1 aliphatic heterocycles. The maximum absolute atomic E-state index is 13.9. The molecule has 1 unspecified atom stereocenters. The van der Waals surface area contributed by atoms with Gasteiger partial charge in [0.2, 0.25) is 5.82 Å². The van der Waals surface area contributed by atoms with Crippen LogP contribution in [0.1, 0.15) is 11.6 Å². The van der Waals surface area contributed by atoms with Crippen molar-refractivity contribution in [3.05, 3.63) is 69.0 Å². The van der Waals surface area contributed by atoms with Crippen molar-refractivity contribution >= 4 is 39.7 Å². The molecule has 1 atom stereocenters. The molecule has 0 bridgehead atoms. The van der Waals surface area contributed by atoms with Gasteiger partial charge in [0.25, 0.3) is 10.0 Å². The van der Waals surface area contributed by atoms with E-state index in [1.54, 1.807) is 24.3 Å². The molecule has 0 amide bonds. The van der Waals surface area contributed by atoms with Crippen LogP contribution >= 0.6 is 24.0 Å². The lowest BCUT2D eigenvalue weighted by atomic mass is 10.1. The highest BCUT2D eigenvalue weighted by Gasteiger charge is 2.39. The second-order valence-corrected chi connectivity index (χ2v) is 7.97. The molecule has 1 N–H and O–H groups in total. The zero-order valence-electron chi connectivity index (χ0n) is 13.8. The molecule has 2 aromatic rings. The van der Waals surface area contributed by atoms with Crippen LogP contribution in [0.15, 0.2) is 47.4 Å². The summed E-state index contributed by atoms with van der Waals surface area (Å²) in [5.74, 6) is -1.19. The summed E-state index contributed by atoms with van der Waals surface area (Å²) in [5.41, 5.74) is -0.479. The van der Waals surface area contributed by atoms with Gasteiger partial charge in [-0.15, -0.1) is 12.4 Å². The van der Waals surface area contributed by atoms with Gasteiger partial charge < -0.3 is 5.32 Å². The number of benzene rings is 2. The lowest BCUT2D eigenvalue weighted by Crippen LogP contribution is -2.48. The number of nitro benzene ring substituents is 1. The predicted octanol–water partition coefficient (Wildman–Crippen LogP) is 3.14. The summed E-state index contributed by atoms with van der Waals surface area (Å²) in [5, 5.41) is 14.7. The minimum absolute atomic E-state index is 0. The van der Waals surface area contributed by atoms with E-state index in [0.717, 1.165) is 22.5 Å². The first-order valence-corrected chi connectivity index (χ1v) is 9.55. The normalized spacial score (nSPS) is 17.9. The SMILES string of the molecule is Cl.O=[N+]([O-])c1c(F)cccc1S(=O)(=O)N1CCNCC1c1ccccc1Cl. The zero-order chi connectivity index (χ0) is 18.9. The van der Waals surface area contributed by atoms with Crippen molar-refractivity contribution in [1.29, 1.82) is 0 Å². The molecule has 1 saturated heterocycles. The molecular weight excluding hydrogens is 420 g/mol. The fraction of sp³-hybridized carbons (Fsp3) is 0.250. The van der Waals surface area contributed by atoms with Crippen molar-refractivity contribution in [3.63, 3.8) is 0 Å². The number of hydrogen-bond donors (Lipinski definition) is 1. The minimum Gasteiger partial charge on any atom is -0.313 e. The monoisotopic (exact) mass is 435 g/mol. The van der Waals surface area contributed by atoms with E-state index in [1.807, 2.05) is 0 Å². The van der Waals surface area contributed by atoms with Crippen LogP contribution in [-0.2, 0) is 10.0 Å². The smallest absolute Gasteiger partial charge is 0.313 e. The second-order valence-electron chi connectivity index (χ2n) is 5.70. The van der Waals surface area contributed by atoms with Crippen molar-refractivity contribution in [2.45, 2.75) is 10.9 Å². The summed E-state index contributed by atoms with van der Waals surface area (Å²) in [6, 6.07) is 9.17. The van der Waals surface area contributed by atoms with Crippen LogP contribution in [0.4, 0.5) is 10.1 Å². The Morgan fingerprint density at radius 3 is 2.59 bits per heavy atom. The number of nitrogens with one attached hydrogen (secondary N) is 1. The Labute approximate surface area is 166 Å². The highest BCUT2D eigenvalue weighted by molar-refractivity contribution is 7.89. The average Bonchev–Trinajstić information content (AvgIpc) is 2.61. The average molecular weight is 436 g/mol. The van der Waals surface area contributed by atoms with E-state index in [1.165, 1.54) is 0 Å². The van der Waals surface area contributed by atoms with Crippen molar-refractivity contribution in [2.24, 2.45) is 0 Å². The molecule has 1 fully saturated rings. The van der Waals surface area contributed by atoms with Crippen LogP contribution < -0.4 is 5.32 Å². The number of nitrogens with zero attached hydrogens (tertiary/aromatic N) is 2. The molecule has 7 nitrogen and oxygen atoms in total. The Balaban J connectivity index is 0.00000261. The lowest BCUT2D eigenvalue weighted by Gasteiger charge is -2.35. The van der Waals surface area contributed by atoms with E-state index in [0.29, 0.717) is 17.1 Å². The summed E-state index contributed by atoms with van der Waals surface area (Å²) < 4.78 is 41.3. The van der Waals surface area contributed by atoms with Gasteiger partial charge in [0.05, 0.1) is 11.0 Å². The summed E-state index contributed by atoms with van der Waals surface area (Å²) >= 11 is 6.21. The van der Waals surface area contributed by atoms with Crippen molar-refractivity contribution in [2.75, 3.05) is 19.6 Å². The molecule has 146 valence electrons. The van der Waals surface area contributed by atoms with Gasteiger partial charge >= 0.3 is 5.69 Å². The molecule has 1 aliphatic rings. The van der Waals surface area contributed by atoms with Gasteiger partial charge in [-0.05, 0) is 23.8 Å². The molecule has 0 radical (unpaired) electrons. The molecule has 0 saturated carbocycles. The quantitative estimate of drug-likeness (QED) is 0.587. The van der Waals surface area contributed by atoms with E-state index in [4.69, 9.17) is 11.6 Å². The minimum atomic E-state index is -4.32. The van der Waals surface area contributed by atoms with Gasteiger partial charge in [0.1, 0.15) is 0 Å². The van der Waals surface area contributed by atoms with Crippen LogP contribution in [-0.4, -0.2) is 37.3 Å². The van der Waals surface area contributed by atoms with E-state index in [-0.39, 0.29) is 25.5 Å². The van der Waals surface area contributed by atoms with Crippen LogP contribution in [0.2, 0.25) is 5.02 Å². The molecule has 11 heteroatoms. The topological polar surface area (TPSA) is 92.5 Å². The summed E-state index contributed by atoms with van der Waals surface area (Å²) in [6.07, 6.45) is 0. The number of nitro groups is 1. The molecule has 3 rings (SSSR count). The fourth-order valence-corrected chi connectivity index (χ4v) is 5.03. The molecular formula is C16H16Cl2FN3O4S. The number of sulfonamides is 1. The standard InChI is InChI=1S/C16H15ClFN3O4S.ClH/c17-12-5-2-1-4-11(12)14-10-19-8-9-20(14)26(24,25)15-7-3-6-13(18)16(15)21(22)23;/h1-7,14,19H,8-10H2;1H. The van der Waals surface area contributed by atoms with Gasteiger partial charge in [-0.25, -0.2) is 8.42 Å². The molecule has 2 aromatic carbocycles. The number of hydrogen-bond acceptors (Lipinski definition) is 5. The number of halogens is 3. The van der Waals surface area contributed by atoms with Crippen LogP contribution in [0.3, 0.4) is 0 Å². The van der Waals surface area contributed by atoms with Crippen LogP contribution in [0.5, 0.6) is 0 Å². The summed E-state index contributed by atoms with van der Waals surface area (Å²) in [7, 11) is -4.32. The van der Waals surface area contributed by atoms with Crippen LogP contribution in [0, 0.1) is 15.9 Å². The van der Waals surface area contributed by atoms with Crippen molar-refractivity contribution in [3.8, 4) is 0 Å². The molecule has 1 heterocycles. The maximum atomic E-state index is 13.9. The van der Waals surface area contributed by atoms with Crippen molar-refractivity contribution in [1.82, 2.24) is 9.62 Å². The third-order valence-corrected chi connectivity index (χ3v) is 6.46. The molecule has 0 spiro atoms. The van der Waals surface area contributed by atoms with Gasteiger partial charge in [0, 0.05) is 24.7 Å². The summed E-state index contributed by atoms with van der Waals surface area (Å²) in [6.45, 7) is 0.723. The Hall–Kier alpha value is -1.78. The lowest BCUT2D eigenvalue weighted by molar-refractivity contribution is -0.390. The molecule has 27 heavy (non-hydrogen) atoms. The maximum Gasteiger partial charge on any atom is 0.324 e. The largest absolute Gasteiger partial charge is 0.324 e. The van der Waals surface area contributed by atoms with Gasteiger partial charge in [-0.3, -0.25) is 10.1 Å². The third-order valence-electron chi connectivity index (χ3n) is 4.18. The van der Waals surface area contributed by atoms with Gasteiger partial charge in [-0.2, -0.15) is 8.70 Å². The number of para-hydroxylation sites is 1. The Morgan fingerprint density at radius 1 is 1.22 bits per heavy atom. The Kier molecular flexibility index (Phi) is 6.77. The van der Waals surface area contributed by atoms with E-state index >= 15 is 0 Å². The molecule has 0 aromatic heterocycles. The highest BCUT2D eigenvalue weighted by atomic mass is 35.5. The van der Waals surface area contributed by atoms with E-state index in [2.05, 4.69) is 5.32 Å². The summed E-state index contributed by atoms with van der Waals surface area (Å²) in [4.78, 5) is 9.54. The van der Waals surface area contributed by atoms with E-state index < -0.39 is 37.4 Å². The number of rotatable bonds is 4. The second kappa shape index (κ2) is 8.49. The van der Waals surface area contributed by atoms with Gasteiger partial charge in [0.15, 0.2) is 4.90 Å². The fourth-order valence-electron chi connectivity index (χ4n) is 2.99. The molecule has 0 aliphatic carbocycles. The van der Waals surface area contributed by atoms with Crippen molar-refractivity contribution < 1.29 is 17.7 Å².